The van der Waals surface area contributed by atoms with Gasteiger partial charge in [-0.15, -0.1) is 0 Å². The molecule has 0 spiro atoms. The van der Waals surface area contributed by atoms with E-state index in [9.17, 15) is 8.42 Å². The molecular weight excluding hydrogens is 350 g/mol. The molecule has 10 heteroatoms. The molecule has 0 amide bonds. The number of halogens is 4. The van der Waals surface area contributed by atoms with Crippen LogP contribution in [0.2, 0.25) is 20.1 Å². The SMILES string of the molecule is CS(=O)(=O)Oc1c(Cl)c(Cl)c(Cl)c(Cl)c1C(O)O. The van der Waals surface area contributed by atoms with E-state index in [0.717, 1.165) is 6.26 Å². The lowest BCUT2D eigenvalue weighted by Crippen LogP contribution is -2.10. The first-order valence-corrected chi connectivity index (χ1v) is 7.50. The van der Waals surface area contributed by atoms with Gasteiger partial charge in [0.25, 0.3) is 0 Å². The van der Waals surface area contributed by atoms with Gasteiger partial charge in [0, 0.05) is 0 Å². The van der Waals surface area contributed by atoms with Crippen LogP contribution in [0.3, 0.4) is 0 Å². The van der Waals surface area contributed by atoms with Gasteiger partial charge >= 0.3 is 10.1 Å². The molecule has 0 aromatic heterocycles. The first-order valence-electron chi connectivity index (χ1n) is 4.17. The first-order chi connectivity index (χ1) is 8.06. The van der Waals surface area contributed by atoms with Crippen LogP contribution in [0, 0.1) is 0 Å². The predicted octanol–water partition coefficient (Wildman–Crippen LogP) is 2.62. The Morgan fingerprint density at radius 2 is 1.44 bits per heavy atom. The molecule has 0 heterocycles. The van der Waals surface area contributed by atoms with Gasteiger partial charge in [0.1, 0.15) is 5.02 Å². The summed E-state index contributed by atoms with van der Waals surface area (Å²) in [4.78, 5) is 0. The third-order valence-electron chi connectivity index (χ3n) is 1.75. The Hall–Kier alpha value is 0.0500. The van der Waals surface area contributed by atoms with Crippen LogP contribution in [0.15, 0.2) is 0 Å². The third kappa shape index (κ3) is 3.33. The minimum atomic E-state index is -3.97. The number of aliphatic hydroxyl groups is 2. The smallest absolute Gasteiger partial charge is 0.306 e. The minimum absolute atomic E-state index is 0.243. The Kier molecular flexibility index (Phi) is 4.99. The van der Waals surface area contributed by atoms with E-state index in [2.05, 4.69) is 4.18 Å². The molecule has 0 radical (unpaired) electrons. The summed E-state index contributed by atoms with van der Waals surface area (Å²) in [5, 5.41) is 17.1. The van der Waals surface area contributed by atoms with Crippen molar-refractivity contribution in [3.8, 4) is 5.75 Å². The van der Waals surface area contributed by atoms with Crippen LogP contribution in [-0.4, -0.2) is 24.9 Å². The lowest BCUT2D eigenvalue weighted by atomic mass is 10.2. The average molecular weight is 356 g/mol. The molecule has 0 saturated carbocycles. The summed E-state index contributed by atoms with van der Waals surface area (Å²) in [7, 11) is -3.97. The number of benzene rings is 1. The van der Waals surface area contributed by atoms with Gasteiger partial charge in [0.05, 0.1) is 26.9 Å². The van der Waals surface area contributed by atoms with Crippen molar-refractivity contribution in [2.45, 2.75) is 6.29 Å². The van der Waals surface area contributed by atoms with E-state index in [4.69, 9.17) is 56.6 Å². The van der Waals surface area contributed by atoms with Crippen LogP contribution in [-0.2, 0) is 10.1 Å². The Bertz CT molecular complexity index is 584. The normalized spacial score (nSPS) is 12.0. The van der Waals surface area contributed by atoms with Crippen molar-refractivity contribution in [1.82, 2.24) is 0 Å². The molecule has 18 heavy (non-hydrogen) atoms. The second-order valence-corrected chi connectivity index (χ2v) is 6.25. The van der Waals surface area contributed by atoms with Gasteiger partial charge in [-0.2, -0.15) is 8.42 Å². The molecule has 1 aromatic rings. The van der Waals surface area contributed by atoms with Gasteiger partial charge in [-0.25, -0.2) is 0 Å². The molecule has 0 bridgehead atoms. The molecule has 1 rings (SSSR count). The van der Waals surface area contributed by atoms with Gasteiger partial charge in [0.15, 0.2) is 12.0 Å². The van der Waals surface area contributed by atoms with Crippen molar-refractivity contribution in [2.24, 2.45) is 0 Å². The highest BCUT2D eigenvalue weighted by atomic mass is 35.5. The van der Waals surface area contributed by atoms with Crippen LogP contribution in [0.5, 0.6) is 5.75 Å². The fraction of sp³-hybridized carbons (Fsp3) is 0.250. The Morgan fingerprint density at radius 1 is 1.00 bits per heavy atom. The maximum Gasteiger partial charge on any atom is 0.306 e. The Labute approximate surface area is 123 Å². The summed E-state index contributed by atoms with van der Waals surface area (Å²) >= 11 is 22.9. The van der Waals surface area contributed by atoms with E-state index < -0.39 is 27.7 Å². The van der Waals surface area contributed by atoms with Crippen LogP contribution in [0.25, 0.3) is 0 Å². The number of hydrogen-bond donors (Lipinski definition) is 2. The van der Waals surface area contributed by atoms with Crippen LogP contribution < -0.4 is 4.18 Å². The molecule has 0 saturated heterocycles. The Morgan fingerprint density at radius 3 is 1.83 bits per heavy atom. The third-order valence-corrected chi connectivity index (χ3v) is 4.02. The maximum absolute atomic E-state index is 11.1. The highest BCUT2D eigenvalue weighted by Crippen LogP contribution is 2.47. The van der Waals surface area contributed by atoms with Gasteiger partial charge < -0.3 is 14.4 Å². The summed E-state index contributed by atoms with van der Waals surface area (Å²) in [5.74, 6) is -0.575. The quantitative estimate of drug-likeness (QED) is 0.377. The Balaban J connectivity index is 3.67. The largest absolute Gasteiger partial charge is 0.380 e. The van der Waals surface area contributed by atoms with Crippen molar-refractivity contribution in [3.63, 3.8) is 0 Å². The fourth-order valence-electron chi connectivity index (χ4n) is 1.09. The van der Waals surface area contributed by atoms with E-state index in [1.807, 2.05) is 0 Å². The second kappa shape index (κ2) is 5.58. The van der Waals surface area contributed by atoms with Gasteiger partial charge in [-0.1, -0.05) is 46.4 Å². The van der Waals surface area contributed by atoms with E-state index in [1.54, 1.807) is 0 Å². The monoisotopic (exact) mass is 354 g/mol. The van der Waals surface area contributed by atoms with Crippen LogP contribution in [0.4, 0.5) is 0 Å². The van der Waals surface area contributed by atoms with Crippen molar-refractivity contribution in [1.29, 1.82) is 0 Å². The van der Waals surface area contributed by atoms with E-state index in [0.29, 0.717) is 0 Å². The van der Waals surface area contributed by atoms with Crippen LogP contribution in [0.1, 0.15) is 11.9 Å². The number of rotatable bonds is 3. The molecule has 0 atom stereocenters. The van der Waals surface area contributed by atoms with E-state index in [1.165, 1.54) is 0 Å². The summed E-state index contributed by atoms with van der Waals surface area (Å²) in [6.07, 6.45) is -1.39. The molecule has 0 aliphatic carbocycles. The molecule has 2 N–H and O–H groups in total. The average Bonchev–Trinajstić information content (AvgIpc) is 2.20. The highest BCUT2D eigenvalue weighted by molar-refractivity contribution is 7.86. The molecule has 0 unspecified atom stereocenters. The summed E-state index contributed by atoms with van der Waals surface area (Å²) in [6, 6.07) is 0. The van der Waals surface area contributed by atoms with Crippen LogP contribution >= 0.6 is 46.4 Å². The molecule has 0 fully saturated rings. The molecular formula is C8H6Cl4O5S. The van der Waals surface area contributed by atoms with Crippen molar-refractivity contribution >= 4 is 56.5 Å². The topological polar surface area (TPSA) is 83.8 Å². The number of hydrogen-bond acceptors (Lipinski definition) is 5. The molecule has 0 aliphatic rings. The maximum atomic E-state index is 11.1. The van der Waals surface area contributed by atoms with Gasteiger partial charge in [0.2, 0.25) is 0 Å². The van der Waals surface area contributed by atoms with E-state index >= 15 is 0 Å². The summed E-state index contributed by atoms with van der Waals surface area (Å²) in [6.45, 7) is 0. The van der Waals surface area contributed by atoms with Crippen molar-refractivity contribution in [3.05, 3.63) is 25.7 Å². The van der Waals surface area contributed by atoms with Gasteiger partial charge in [-0.05, 0) is 0 Å². The lowest BCUT2D eigenvalue weighted by Gasteiger charge is -2.16. The summed E-state index contributed by atoms with van der Waals surface area (Å²) in [5.41, 5.74) is -0.485. The van der Waals surface area contributed by atoms with Gasteiger partial charge in [-0.3, -0.25) is 0 Å². The second-order valence-electron chi connectivity index (χ2n) is 3.16. The minimum Gasteiger partial charge on any atom is -0.380 e. The predicted molar refractivity (Wildman–Crippen MR) is 69.1 cm³/mol. The first kappa shape index (κ1) is 16.1. The fourth-order valence-corrected chi connectivity index (χ4v) is 2.60. The lowest BCUT2D eigenvalue weighted by molar-refractivity contribution is -0.0432. The highest BCUT2D eigenvalue weighted by Gasteiger charge is 2.27. The zero-order valence-corrected chi connectivity index (χ0v) is 12.5. The standard InChI is InChI=1S/C8H6Cl4O5S/c1-18(15,16)17-7-2(8(13)14)3(9)4(10)5(11)6(7)12/h8,13-14H,1H3. The molecule has 0 aliphatic heterocycles. The zero-order chi connectivity index (χ0) is 14.2. The molecule has 5 nitrogen and oxygen atoms in total. The summed E-state index contributed by atoms with van der Waals surface area (Å²) < 4.78 is 26.7. The van der Waals surface area contributed by atoms with E-state index in [-0.39, 0.29) is 20.1 Å². The van der Waals surface area contributed by atoms with Crippen molar-refractivity contribution < 1.29 is 22.8 Å². The molecule has 1 aromatic carbocycles. The van der Waals surface area contributed by atoms with Crippen molar-refractivity contribution in [2.75, 3.05) is 6.26 Å². The number of aliphatic hydroxyl groups excluding tert-OH is 1. The zero-order valence-electron chi connectivity index (χ0n) is 8.62. The molecule has 102 valence electrons.